The van der Waals surface area contributed by atoms with E-state index in [2.05, 4.69) is 58.3 Å². The molecule has 168 valence electrons. The van der Waals surface area contributed by atoms with Crippen LogP contribution in [-0.2, 0) is 6.42 Å². The van der Waals surface area contributed by atoms with E-state index in [-0.39, 0.29) is 0 Å². The summed E-state index contributed by atoms with van der Waals surface area (Å²) in [7, 11) is 3.80. The molecular weight excluding hydrogens is 422 g/mol. The molecule has 0 atom stereocenters. The van der Waals surface area contributed by atoms with Crippen molar-refractivity contribution in [3.63, 3.8) is 0 Å². The highest BCUT2D eigenvalue weighted by molar-refractivity contribution is 6.32. The number of nitrogens with one attached hydrogen (secondary N) is 1. The van der Waals surface area contributed by atoms with E-state index < -0.39 is 0 Å². The summed E-state index contributed by atoms with van der Waals surface area (Å²) in [6.07, 6.45) is 0.680. The summed E-state index contributed by atoms with van der Waals surface area (Å²) in [5.74, 6) is 1.28. The molecule has 1 N–H and O–H groups in total. The van der Waals surface area contributed by atoms with Crippen LogP contribution < -0.4 is 15.0 Å². The van der Waals surface area contributed by atoms with Gasteiger partial charge in [-0.3, -0.25) is 0 Å². The minimum atomic E-state index is 0.606. The van der Waals surface area contributed by atoms with Gasteiger partial charge in [-0.05, 0) is 68.4 Å². The van der Waals surface area contributed by atoms with Gasteiger partial charge in [0.15, 0.2) is 0 Å². The fraction of sp³-hybridized carbons (Fsp3) is 0.360. The average Bonchev–Trinajstić information content (AvgIpc) is 2.79. The van der Waals surface area contributed by atoms with Crippen LogP contribution in [0.15, 0.2) is 42.5 Å². The highest BCUT2D eigenvalue weighted by atomic mass is 35.5. The lowest BCUT2D eigenvalue weighted by Gasteiger charge is -2.34. The minimum Gasteiger partial charge on any atom is -0.495 e. The number of anilines is 3. The van der Waals surface area contributed by atoms with Crippen LogP contribution in [0.4, 0.5) is 17.3 Å². The molecule has 0 aliphatic carbocycles. The third kappa shape index (κ3) is 5.14. The Hall–Kier alpha value is -2.83. The van der Waals surface area contributed by atoms with Crippen molar-refractivity contribution in [2.45, 2.75) is 20.3 Å². The van der Waals surface area contributed by atoms with E-state index in [0.29, 0.717) is 23.1 Å². The lowest BCUT2D eigenvalue weighted by atomic mass is 10.0. The second kappa shape index (κ2) is 9.76. The molecule has 0 amide bonds. The number of ether oxygens (including phenoxy) is 1. The van der Waals surface area contributed by atoms with Crippen LogP contribution >= 0.6 is 11.6 Å². The monoisotopic (exact) mass is 451 g/mol. The van der Waals surface area contributed by atoms with Crippen LogP contribution in [0.1, 0.15) is 22.5 Å². The number of rotatable bonds is 6. The molecule has 3 aromatic rings. The Labute approximate surface area is 195 Å². The number of aromatic nitrogens is 2. The third-order valence-electron chi connectivity index (χ3n) is 6.07. The number of likely N-dealkylation sites (N-methyl/N-ethyl adjacent to an activating group) is 1. The van der Waals surface area contributed by atoms with Gasteiger partial charge in [-0.15, -0.1) is 0 Å². The van der Waals surface area contributed by atoms with Gasteiger partial charge in [0.2, 0.25) is 5.95 Å². The highest BCUT2D eigenvalue weighted by Gasteiger charge is 2.15. The van der Waals surface area contributed by atoms with Crippen molar-refractivity contribution < 1.29 is 4.74 Å². The molecule has 0 saturated carbocycles. The number of nitrogens with zero attached hydrogens (tertiary/aromatic N) is 4. The van der Waals surface area contributed by atoms with Crippen LogP contribution in [-0.4, -0.2) is 55.2 Å². The summed E-state index contributed by atoms with van der Waals surface area (Å²) in [6, 6.07) is 14.3. The van der Waals surface area contributed by atoms with Crippen LogP contribution in [0.25, 0.3) is 0 Å². The fourth-order valence-electron chi connectivity index (χ4n) is 3.87. The predicted octanol–water partition coefficient (Wildman–Crippen LogP) is 4.84. The molecule has 32 heavy (non-hydrogen) atoms. The Balaban J connectivity index is 1.50. The standard InChI is InChI=1S/C25H30ClN5O/c1-17-18(2)27-25(29-23(17)15-19-5-10-22(26)24(16-19)32-4)28-20-6-8-21(9-7-20)31-13-11-30(3)12-14-31/h5-10,16H,11-15H2,1-4H3,(H,27,28,29). The quantitative estimate of drug-likeness (QED) is 0.578. The Morgan fingerprint density at radius 2 is 1.72 bits per heavy atom. The van der Waals surface area contributed by atoms with E-state index in [4.69, 9.17) is 21.3 Å². The van der Waals surface area contributed by atoms with Gasteiger partial charge in [0.05, 0.1) is 17.8 Å². The van der Waals surface area contributed by atoms with E-state index in [1.807, 2.05) is 25.1 Å². The van der Waals surface area contributed by atoms with E-state index in [1.54, 1.807) is 7.11 Å². The Kier molecular flexibility index (Phi) is 6.82. The lowest BCUT2D eigenvalue weighted by Crippen LogP contribution is -2.44. The SMILES string of the molecule is COc1cc(Cc2nc(Nc3ccc(N4CCN(C)CC4)cc3)nc(C)c2C)ccc1Cl. The van der Waals surface area contributed by atoms with Crippen molar-refractivity contribution in [3.8, 4) is 5.75 Å². The van der Waals surface area contributed by atoms with Gasteiger partial charge >= 0.3 is 0 Å². The fourth-order valence-corrected chi connectivity index (χ4v) is 4.07. The molecular formula is C25H30ClN5O. The Morgan fingerprint density at radius 1 is 1.00 bits per heavy atom. The third-order valence-corrected chi connectivity index (χ3v) is 6.38. The summed E-state index contributed by atoms with van der Waals surface area (Å²) in [4.78, 5) is 14.3. The zero-order valence-electron chi connectivity index (χ0n) is 19.2. The van der Waals surface area contributed by atoms with Gasteiger partial charge in [0.25, 0.3) is 0 Å². The van der Waals surface area contributed by atoms with Gasteiger partial charge in [-0.2, -0.15) is 0 Å². The number of hydrogen-bond donors (Lipinski definition) is 1. The molecule has 0 spiro atoms. The molecule has 2 aromatic carbocycles. The van der Waals surface area contributed by atoms with Gasteiger partial charge < -0.3 is 19.9 Å². The molecule has 1 saturated heterocycles. The molecule has 1 aliphatic heterocycles. The van der Waals surface area contributed by atoms with Crippen molar-refractivity contribution in [2.24, 2.45) is 0 Å². The van der Waals surface area contributed by atoms with Crippen LogP contribution in [0.3, 0.4) is 0 Å². The summed E-state index contributed by atoms with van der Waals surface area (Å²) in [5, 5.41) is 3.98. The molecule has 7 heteroatoms. The number of piperazine rings is 1. The predicted molar refractivity (Wildman–Crippen MR) is 132 cm³/mol. The van der Waals surface area contributed by atoms with Crippen molar-refractivity contribution in [2.75, 3.05) is 50.6 Å². The molecule has 0 bridgehead atoms. The molecule has 0 radical (unpaired) electrons. The molecule has 0 unspecified atom stereocenters. The smallest absolute Gasteiger partial charge is 0.227 e. The molecule has 4 rings (SSSR count). The highest BCUT2D eigenvalue weighted by Crippen LogP contribution is 2.27. The van der Waals surface area contributed by atoms with E-state index in [0.717, 1.165) is 54.4 Å². The maximum atomic E-state index is 6.17. The largest absolute Gasteiger partial charge is 0.495 e. The van der Waals surface area contributed by atoms with Gasteiger partial charge in [-0.25, -0.2) is 9.97 Å². The van der Waals surface area contributed by atoms with Gasteiger partial charge in [0.1, 0.15) is 5.75 Å². The van der Waals surface area contributed by atoms with Crippen molar-refractivity contribution in [3.05, 3.63) is 70.0 Å². The first-order valence-corrected chi connectivity index (χ1v) is 11.3. The maximum absolute atomic E-state index is 6.17. The lowest BCUT2D eigenvalue weighted by molar-refractivity contribution is 0.313. The molecule has 6 nitrogen and oxygen atoms in total. The summed E-state index contributed by atoms with van der Waals surface area (Å²) in [5.41, 5.74) is 6.36. The van der Waals surface area contributed by atoms with Crippen LogP contribution in [0.2, 0.25) is 5.02 Å². The van der Waals surface area contributed by atoms with E-state index in [9.17, 15) is 0 Å². The zero-order valence-corrected chi connectivity index (χ0v) is 19.9. The second-order valence-corrected chi connectivity index (χ2v) is 8.72. The van der Waals surface area contributed by atoms with Crippen molar-refractivity contribution in [1.29, 1.82) is 0 Å². The van der Waals surface area contributed by atoms with Gasteiger partial charge in [-0.1, -0.05) is 17.7 Å². The normalized spacial score (nSPS) is 14.5. The van der Waals surface area contributed by atoms with Crippen molar-refractivity contribution >= 4 is 28.9 Å². The number of halogens is 1. The second-order valence-electron chi connectivity index (χ2n) is 8.31. The number of aryl methyl sites for hydroxylation is 1. The Morgan fingerprint density at radius 3 is 2.41 bits per heavy atom. The topological polar surface area (TPSA) is 53.5 Å². The molecule has 2 heterocycles. The number of hydrogen-bond acceptors (Lipinski definition) is 6. The number of methoxy groups -OCH3 is 1. The maximum Gasteiger partial charge on any atom is 0.227 e. The zero-order chi connectivity index (χ0) is 22.7. The van der Waals surface area contributed by atoms with Crippen molar-refractivity contribution in [1.82, 2.24) is 14.9 Å². The molecule has 1 fully saturated rings. The summed E-state index contributed by atoms with van der Waals surface area (Å²) >= 11 is 6.17. The Bertz CT molecular complexity index is 1080. The minimum absolute atomic E-state index is 0.606. The van der Waals surface area contributed by atoms with E-state index >= 15 is 0 Å². The van der Waals surface area contributed by atoms with Crippen LogP contribution in [0, 0.1) is 13.8 Å². The van der Waals surface area contributed by atoms with E-state index in [1.165, 1.54) is 5.69 Å². The first-order valence-electron chi connectivity index (χ1n) is 10.9. The summed E-state index contributed by atoms with van der Waals surface area (Å²) in [6.45, 7) is 8.39. The van der Waals surface area contributed by atoms with Crippen LogP contribution in [0.5, 0.6) is 5.75 Å². The molecule has 1 aromatic heterocycles. The first kappa shape index (κ1) is 22.4. The first-order chi connectivity index (χ1) is 15.4. The van der Waals surface area contributed by atoms with Gasteiger partial charge in [0, 0.05) is 49.7 Å². The molecule has 1 aliphatic rings. The average molecular weight is 452 g/mol. The summed E-state index contributed by atoms with van der Waals surface area (Å²) < 4.78 is 5.36. The number of benzene rings is 2.